The molecule has 0 aromatic carbocycles. The third-order valence-electron chi connectivity index (χ3n) is 2.90. The van der Waals surface area contributed by atoms with Crippen LogP contribution in [0.4, 0.5) is 11.5 Å². The Labute approximate surface area is 104 Å². The van der Waals surface area contributed by atoms with Crippen molar-refractivity contribution in [3.05, 3.63) is 12.1 Å². The number of hydrogen-bond donors (Lipinski definition) is 2. The van der Waals surface area contributed by atoms with E-state index in [0.29, 0.717) is 24.1 Å². The first-order valence-electron chi connectivity index (χ1n) is 6.34. The second-order valence-electron chi connectivity index (χ2n) is 4.09. The van der Waals surface area contributed by atoms with Crippen molar-refractivity contribution in [3.63, 3.8) is 0 Å². The molecule has 0 atom stereocenters. The summed E-state index contributed by atoms with van der Waals surface area (Å²) in [6.07, 6.45) is 2.35. The number of pyridine rings is 1. The molecule has 1 aromatic heterocycles. The summed E-state index contributed by atoms with van der Waals surface area (Å²) in [4.78, 5) is 4.34. The summed E-state index contributed by atoms with van der Waals surface area (Å²) in [7, 11) is 0. The number of nitrogens with two attached hydrogens (primary N) is 1. The molecule has 0 aliphatic rings. The van der Waals surface area contributed by atoms with Gasteiger partial charge in [0, 0.05) is 6.54 Å². The molecule has 0 aliphatic carbocycles. The summed E-state index contributed by atoms with van der Waals surface area (Å²) >= 11 is 0. The van der Waals surface area contributed by atoms with Crippen molar-refractivity contribution in [1.82, 2.24) is 4.98 Å². The van der Waals surface area contributed by atoms with Crippen LogP contribution in [0, 0.1) is 5.92 Å². The normalized spacial score (nSPS) is 10.6. The van der Waals surface area contributed by atoms with Gasteiger partial charge in [-0.2, -0.15) is 4.98 Å². The van der Waals surface area contributed by atoms with Crippen LogP contribution in [0.5, 0.6) is 5.88 Å². The molecule has 17 heavy (non-hydrogen) atoms. The number of anilines is 2. The number of nitrogens with one attached hydrogen (secondary N) is 1. The van der Waals surface area contributed by atoms with E-state index in [1.54, 1.807) is 0 Å². The summed E-state index contributed by atoms with van der Waals surface area (Å²) in [5.41, 5.74) is 6.35. The van der Waals surface area contributed by atoms with Gasteiger partial charge >= 0.3 is 0 Å². The third-order valence-corrected chi connectivity index (χ3v) is 2.90. The molecule has 0 saturated carbocycles. The fourth-order valence-electron chi connectivity index (χ4n) is 1.63. The second kappa shape index (κ2) is 6.99. The van der Waals surface area contributed by atoms with E-state index in [1.807, 2.05) is 19.1 Å². The molecule has 0 radical (unpaired) electrons. The average Bonchev–Trinajstić information content (AvgIpc) is 2.34. The summed E-state index contributed by atoms with van der Waals surface area (Å²) < 4.78 is 5.36. The highest BCUT2D eigenvalue weighted by Crippen LogP contribution is 2.21. The summed E-state index contributed by atoms with van der Waals surface area (Å²) in [6.45, 7) is 7.85. The maximum Gasteiger partial charge on any atom is 0.239 e. The number of rotatable bonds is 7. The zero-order valence-electron chi connectivity index (χ0n) is 11.0. The van der Waals surface area contributed by atoms with Gasteiger partial charge in [0.15, 0.2) is 0 Å². The number of aromatic nitrogens is 1. The van der Waals surface area contributed by atoms with Crippen LogP contribution < -0.4 is 15.8 Å². The van der Waals surface area contributed by atoms with Gasteiger partial charge in [0.2, 0.25) is 5.88 Å². The average molecular weight is 237 g/mol. The van der Waals surface area contributed by atoms with Crippen LogP contribution in [0.1, 0.15) is 33.6 Å². The quantitative estimate of drug-likeness (QED) is 0.765. The van der Waals surface area contributed by atoms with Gasteiger partial charge in [-0.25, -0.2) is 0 Å². The lowest BCUT2D eigenvalue weighted by Gasteiger charge is -2.14. The fraction of sp³-hybridized carbons (Fsp3) is 0.615. The predicted octanol–water partition coefficient (Wildman–Crippen LogP) is 2.91. The monoisotopic (exact) mass is 237 g/mol. The molecule has 0 fully saturated rings. The van der Waals surface area contributed by atoms with Gasteiger partial charge < -0.3 is 15.8 Å². The highest BCUT2D eigenvalue weighted by Gasteiger charge is 2.06. The minimum absolute atomic E-state index is 0.516. The minimum atomic E-state index is 0.516. The van der Waals surface area contributed by atoms with Crippen LogP contribution in [0.15, 0.2) is 12.1 Å². The van der Waals surface area contributed by atoms with Crippen LogP contribution in [0.3, 0.4) is 0 Å². The van der Waals surface area contributed by atoms with Crippen LogP contribution in [0.2, 0.25) is 0 Å². The third kappa shape index (κ3) is 4.13. The highest BCUT2D eigenvalue weighted by molar-refractivity contribution is 5.53. The van der Waals surface area contributed by atoms with Gasteiger partial charge in [-0.1, -0.05) is 26.7 Å². The lowest BCUT2D eigenvalue weighted by Crippen LogP contribution is -2.14. The van der Waals surface area contributed by atoms with Crippen molar-refractivity contribution < 1.29 is 4.74 Å². The maximum atomic E-state index is 5.77. The molecule has 3 N–H and O–H groups in total. The number of nitrogen functional groups attached to an aromatic ring is 1. The SMILES string of the molecule is CCOc1nc(NCC(CC)CC)ccc1N. The first-order chi connectivity index (χ1) is 8.21. The lowest BCUT2D eigenvalue weighted by atomic mass is 10.0. The topological polar surface area (TPSA) is 60.2 Å². The standard InChI is InChI=1S/C13H23N3O/c1-4-10(5-2)9-15-12-8-7-11(14)13(16-12)17-6-3/h7-8,10H,4-6,9,14H2,1-3H3,(H,15,16). The molecule has 0 unspecified atom stereocenters. The van der Waals surface area contributed by atoms with Gasteiger partial charge in [0.25, 0.3) is 0 Å². The van der Waals surface area contributed by atoms with E-state index in [4.69, 9.17) is 10.5 Å². The van der Waals surface area contributed by atoms with Gasteiger partial charge in [0.05, 0.1) is 12.3 Å². The van der Waals surface area contributed by atoms with Crippen LogP contribution >= 0.6 is 0 Å². The van der Waals surface area contributed by atoms with Crippen molar-refractivity contribution in [2.45, 2.75) is 33.6 Å². The molecule has 1 aromatic rings. The molecular formula is C13H23N3O. The Morgan fingerprint density at radius 1 is 1.29 bits per heavy atom. The van der Waals surface area contributed by atoms with Crippen molar-refractivity contribution in [2.24, 2.45) is 5.92 Å². The molecular weight excluding hydrogens is 214 g/mol. The van der Waals surface area contributed by atoms with E-state index in [1.165, 1.54) is 12.8 Å². The van der Waals surface area contributed by atoms with Crippen LogP contribution in [-0.4, -0.2) is 18.1 Å². The predicted molar refractivity (Wildman–Crippen MR) is 72.4 cm³/mol. The van der Waals surface area contributed by atoms with E-state index in [0.717, 1.165) is 12.4 Å². The molecule has 1 heterocycles. The molecule has 4 heteroatoms. The van der Waals surface area contributed by atoms with Crippen LogP contribution in [0.25, 0.3) is 0 Å². The Bertz CT molecular complexity index is 337. The maximum absolute atomic E-state index is 5.77. The second-order valence-corrected chi connectivity index (χ2v) is 4.09. The van der Waals surface area contributed by atoms with Gasteiger partial charge in [0.1, 0.15) is 5.82 Å². The molecule has 0 bridgehead atoms. The first kappa shape index (κ1) is 13.6. The van der Waals surface area contributed by atoms with Gasteiger partial charge in [-0.3, -0.25) is 0 Å². The molecule has 1 rings (SSSR count). The smallest absolute Gasteiger partial charge is 0.239 e. The van der Waals surface area contributed by atoms with E-state index >= 15 is 0 Å². The van der Waals surface area contributed by atoms with Gasteiger partial charge in [-0.15, -0.1) is 0 Å². The zero-order valence-corrected chi connectivity index (χ0v) is 11.0. The molecule has 0 amide bonds. The molecule has 0 aliphatic heterocycles. The Kier molecular flexibility index (Phi) is 5.60. The van der Waals surface area contributed by atoms with Gasteiger partial charge in [-0.05, 0) is 25.0 Å². The Morgan fingerprint density at radius 2 is 2.00 bits per heavy atom. The molecule has 96 valence electrons. The lowest BCUT2D eigenvalue weighted by molar-refractivity contribution is 0.329. The van der Waals surface area contributed by atoms with E-state index in [9.17, 15) is 0 Å². The van der Waals surface area contributed by atoms with Crippen LogP contribution in [-0.2, 0) is 0 Å². The highest BCUT2D eigenvalue weighted by atomic mass is 16.5. The van der Waals surface area contributed by atoms with E-state index < -0.39 is 0 Å². The molecule has 0 spiro atoms. The summed E-state index contributed by atoms with van der Waals surface area (Å²) in [5.74, 6) is 2.03. The Morgan fingerprint density at radius 3 is 2.59 bits per heavy atom. The van der Waals surface area contributed by atoms with Crippen molar-refractivity contribution in [3.8, 4) is 5.88 Å². The number of nitrogens with zero attached hydrogens (tertiary/aromatic N) is 1. The Hall–Kier alpha value is -1.45. The van der Waals surface area contributed by atoms with Crippen molar-refractivity contribution in [1.29, 1.82) is 0 Å². The number of hydrogen-bond acceptors (Lipinski definition) is 4. The molecule has 0 saturated heterocycles. The first-order valence-corrected chi connectivity index (χ1v) is 6.34. The largest absolute Gasteiger partial charge is 0.476 e. The fourth-order valence-corrected chi connectivity index (χ4v) is 1.63. The summed E-state index contributed by atoms with van der Waals surface area (Å²) in [6, 6.07) is 3.72. The number of ether oxygens (including phenoxy) is 1. The van der Waals surface area contributed by atoms with E-state index in [-0.39, 0.29) is 0 Å². The van der Waals surface area contributed by atoms with E-state index in [2.05, 4.69) is 24.1 Å². The minimum Gasteiger partial charge on any atom is -0.476 e. The van der Waals surface area contributed by atoms with Crippen molar-refractivity contribution in [2.75, 3.05) is 24.2 Å². The Balaban J connectivity index is 2.62. The summed E-state index contributed by atoms with van der Waals surface area (Å²) in [5, 5.41) is 3.33. The molecule has 4 nitrogen and oxygen atoms in total. The zero-order chi connectivity index (χ0) is 12.7. The van der Waals surface area contributed by atoms with Crippen molar-refractivity contribution >= 4 is 11.5 Å².